The predicted octanol–water partition coefficient (Wildman–Crippen LogP) is 2.78. The number of hydrogen-bond donors (Lipinski definition) is 3. The minimum absolute atomic E-state index is 0.00676. The summed E-state index contributed by atoms with van der Waals surface area (Å²) in [7, 11) is 0. The van der Waals surface area contributed by atoms with Crippen LogP contribution in [0.1, 0.15) is 17.2 Å². The number of rotatable bonds is 5. The van der Waals surface area contributed by atoms with Crippen molar-refractivity contribution in [3.8, 4) is 11.3 Å². The number of aromatic nitrogens is 2. The lowest BCUT2D eigenvalue weighted by Crippen LogP contribution is -2.15. The second-order valence-electron chi connectivity index (χ2n) is 6.18. The van der Waals surface area contributed by atoms with Crippen molar-refractivity contribution >= 4 is 17.4 Å². The molecular weight excluding hydrogens is 328 g/mol. The Morgan fingerprint density at radius 2 is 2.00 bits per heavy atom. The van der Waals surface area contributed by atoms with E-state index in [1.54, 1.807) is 12.4 Å². The van der Waals surface area contributed by atoms with Gasteiger partial charge in [-0.2, -0.15) is 0 Å². The molecule has 6 nitrogen and oxygen atoms in total. The quantitative estimate of drug-likeness (QED) is 0.661. The number of fused-ring (bicyclic) bond motifs is 1. The van der Waals surface area contributed by atoms with Gasteiger partial charge in [0.05, 0.1) is 37.2 Å². The molecule has 0 saturated heterocycles. The number of anilines is 2. The lowest BCUT2D eigenvalue weighted by Gasteiger charge is -2.17. The van der Waals surface area contributed by atoms with Gasteiger partial charge in [-0.3, -0.25) is 9.78 Å². The molecule has 1 aliphatic rings. The van der Waals surface area contributed by atoms with Crippen molar-refractivity contribution in [2.75, 3.05) is 17.2 Å². The van der Waals surface area contributed by atoms with E-state index in [1.165, 1.54) is 0 Å². The number of hydrogen-bond acceptors (Lipinski definition) is 5. The minimum atomic E-state index is -0.261. The average molecular weight is 346 g/mol. The number of nitrogens with one attached hydrogen (secondary N) is 2. The maximum absolute atomic E-state index is 11.5. The minimum Gasteiger partial charge on any atom is -0.394 e. The molecule has 4 rings (SSSR count). The fourth-order valence-corrected chi connectivity index (χ4v) is 3.06. The van der Waals surface area contributed by atoms with Crippen LogP contribution in [0.4, 0.5) is 11.5 Å². The fourth-order valence-electron chi connectivity index (χ4n) is 3.06. The molecule has 0 aliphatic carbocycles. The van der Waals surface area contributed by atoms with Gasteiger partial charge in [-0.15, -0.1) is 0 Å². The molecule has 0 spiro atoms. The highest BCUT2D eigenvalue weighted by molar-refractivity contribution is 5.99. The second kappa shape index (κ2) is 6.93. The normalized spacial score (nSPS) is 13.8. The zero-order chi connectivity index (χ0) is 17.9. The number of benzene rings is 2. The fraction of sp³-hybridized carbons (Fsp3) is 0.150. The number of carbonyl (C=O) groups excluding carboxylic acids is 1. The Labute approximate surface area is 150 Å². The number of nitrogens with zero attached hydrogens (tertiary/aromatic N) is 2. The van der Waals surface area contributed by atoms with Gasteiger partial charge in [0.1, 0.15) is 5.82 Å². The standard InChI is InChI=1S/C20H18N4O2/c25-12-18(13-4-2-1-3-5-13)23-19-11-21-10-17(22-19)14-6-7-16-15(8-14)9-20(26)24-16/h1-8,10-11,18,25H,9,12H2,(H,22,23)(H,24,26). The maximum atomic E-state index is 11.5. The lowest BCUT2D eigenvalue weighted by molar-refractivity contribution is -0.115. The third-order valence-electron chi connectivity index (χ3n) is 4.37. The molecular formula is C20H18N4O2. The molecule has 2 heterocycles. The van der Waals surface area contributed by atoms with E-state index < -0.39 is 0 Å². The molecule has 1 aromatic heterocycles. The van der Waals surface area contributed by atoms with Crippen molar-refractivity contribution in [3.63, 3.8) is 0 Å². The van der Waals surface area contributed by atoms with Crippen LogP contribution in [0.3, 0.4) is 0 Å². The largest absolute Gasteiger partial charge is 0.394 e. The van der Waals surface area contributed by atoms with Gasteiger partial charge in [-0.05, 0) is 23.3 Å². The molecule has 3 N–H and O–H groups in total. The highest BCUT2D eigenvalue weighted by Crippen LogP contribution is 2.28. The number of amides is 1. The SMILES string of the molecule is O=C1Cc2cc(-c3cncc(NC(CO)c4ccccc4)n3)ccc2N1. The maximum Gasteiger partial charge on any atom is 0.228 e. The van der Waals surface area contributed by atoms with Gasteiger partial charge in [0.15, 0.2) is 0 Å². The average Bonchev–Trinajstić information content (AvgIpc) is 3.06. The van der Waals surface area contributed by atoms with Crippen LogP contribution in [0.5, 0.6) is 0 Å². The van der Waals surface area contributed by atoms with E-state index in [4.69, 9.17) is 0 Å². The Bertz CT molecular complexity index is 944. The number of aliphatic hydroxyl groups is 1. The van der Waals surface area contributed by atoms with Crippen LogP contribution in [0.25, 0.3) is 11.3 Å². The summed E-state index contributed by atoms with van der Waals surface area (Å²) in [5.74, 6) is 0.590. The second-order valence-corrected chi connectivity index (χ2v) is 6.18. The van der Waals surface area contributed by atoms with Crippen LogP contribution >= 0.6 is 0 Å². The molecule has 1 atom stereocenters. The van der Waals surface area contributed by atoms with E-state index in [1.807, 2.05) is 48.5 Å². The number of carbonyl (C=O) groups is 1. The van der Waals surface area contributed by atoms with Crippen LogP contribution in [-0.2, 0) is 11.2 Å². The summed E-state index contributed by atoms with van der Waals surface area (Å²) < 4.78 is 0. The summed E-state index contributed by atoms with van der Waals surface area (Å²) in [6, 6.07) is 15.2. The Hall–Kier alpha value is -3.25. The molecule has 130 valence electrons. The molecule has 1 aliphatic heterocycles. The van der Waals surface area contributed by atoms with Gasteiger partial charge in [0.25, 0.3) is 0 Å². The number of aliphatic hydroxyl groups excluding tert-OH is 1. The van der Waals surface area contributed by atoms with Gasteiger partial charge in [-0.25, -0.2) is 4.98 Å². The third-order valence-corrected chi connectivity index (χ3v) is 4.37. The summed E-state index contributed by atoms with van der Waals surface area (Å²) in [5.41, 5.74) is 4.40. The Balaban J connectivity index is 1.59. The smallest absolute Gasteiger partial charge is 0.228 e. The molecule has 1 unspecified atom stereocenters. The van der Waals surface area contributed by atoms with Crippen LogP contribution < -0.4 is 10.6 Å². The van der Waals surface area contributed by atoms with Crippen LogP contribution in [0.15, 0.2) is 60.9 Å². The molecule has 2 aromatic carbocycles. The molecule has 3 aromatic rings. The summed E-state index contributed by atoms with van der Waals surface area (Å²) >= 11 is 0. The molecule has 0 radical (unpaired) electrons. The van der Waals surface area contributed by atoms with Crippen LogP contribution in [0, 0.1) is 0 Å². The van der Waals surface area contributed by atoms with Gasteiger partial charge < -0.3 is 15.7 Å². The van der Waals surface area contributed by atoms with Crippen molar-refractivity contribution in [2.45, 2.75) is 12.5 Å². The zero-order valence-corrected chi connectivity index (χ0v) is 14.0. The Kier molecular flexibility index (Phi) is 4.33. The highest BCUT2D eigenvalue weighted by Gasteiger charge is 2.18. The molecule has 6 heteroatoms. The van der Waals surface area contributed by atoms with Crippen molar-refractivity contribution < 1.29 is 9.90 Å². The first-order valence-electron chi connectivity index (χ1n) is 8.40. The summed E-state index contributed by atoms with van der Waals surface area (Å²) in [4.78, 5) is 20.4. The van der Waals surface area contributed by atoms with Gasteiger partial charge >= 0.3 is 0 Å². The monoisotopic (exact) mass is 346 g/mol. The first kappa shape index (κ1) is 16.2. The Morgan fingerprint density at radius 3 is 2.81 bits per heavy atom. The molecule has 0 saturated carbocycles. The molecule has 26 heavy (non-hydrogen) atoms. The van der Waals surface area contributed by atoms with Gasteiger partial charge in [0, 0.05) is 11.3 Å². The summed E-state index contributed by atoms with van der Waals surface area (Å²) in [6.45, 7) is -0.0530. The summed E-state index contributed by atoms with van der Waals surface area (Å²) in [6.07, 6.45) is 3.70. The van der Waals surface area contributed by atoms with E-state index in [0.29, 0.717) is 17.9 Å². The molecule has 0 fully saturated rings. The highest BCUT2D eigenvalue weighted by atomic mass is 16.3. The van der Waals surface area contributed by atoms with Gasteiger partial charge in [-0.1, -0.05) is 36.4 Å². The zero-order valence-electron chi connectivity index (χ0n) is 14.0. The van der Waals surface area contributed by atoms with E-state index in [9.17, 15) is 9.90 Å². The Morgan fingerprint density at radius 1 is 1.15 bits per heavy atom. The van der Waals surface area contributed by atoms with Crippen molar-refractivity contribution in [3.05, 3.63) is 72.1 Å². The lowest BCUT2D eigenvalue weighted by atomic mass is 10.1. The van der Waals surface area contributed by atoms with E-state index in [-0.39, 0.29) is 18.6 Å². The van der Waals surface area contributed by atoms with Crippen molar-refractivity contribution in [1.82, 2.24) is 9.97 Å². The van der Waals surface area contributed by atoms with Crippen LogP contribution in [0.2, 0.25) is 0 Å². The van der Waals surface area contributed by atoms with E-state index in [2.05, 4.69) is 20.6 Å². The third kappa shape index (κ3) is 3.27. The van der Waals surface area contributed by atoms with Crippen LogP contribution in [-0.4, -0.2) is 27.6 Å². The molecule has 0 bridgehead atoms. The van der Waals surface area contributed by atoms with Crippen molar-refractivity contribution in [2.24, 2.45) is 0 Å². The topological polar surface area (TPSA) is 87.1 Å². The van der Waals surface area contributed by atoms with Gasteiger partial charge in [0.2, 0.25) is 5.91 Å². The first-order valence-corrected chi connectivity index (χ1v) is 8.40. The predicted molar refractivity (Wildman–Crippen MR) is 99.7 cm³/mol. The first-order chi connectivity index (χ1) is 12.7. The molecule has 1 amide bonds. The summed E-state index contributed by atoms with van der Waals surface area (Å²) in [5, 5.41) is 15.8. The van der Waals surface area contributed by atoms with E-state index in [0.717, 1.165) is 22.4 Å². The van der Waals surface area contributed by atoms with Crippen molar-refractivity contribution in [1.29, 1.82) is 0 Å². The van der Waals surface area contributed by atoms with E-state index >= 15 is 0 Å².